The zero-order valence-electron chi connectivity index (χ0n) is 7.93. The smallest absolute Gasteiger partial charge is 0.292 e. The third-order valence-electron chi connectivity index (χ3n) is 1.71. The number of nitrogens with zero attached hydrogens (tertiary/aromatic N) is 4. The third kappa shape index (κ3) is 2.10. The molecule has 8 nitrogen and oxygen atoms in total. The van der Waals surface area contributed by atoms with E-state index in [0.717, 1.165) is 0 Å². The van der Waals surface area contributed by atoms with Crippen molar-refractivity contribution < 1.29 is 4.79 Å². The van der Waals surface area contributed by atoms with E-state index in [1.54, 1.807) is 24.0 Å². The minimum atomic E-state index is -0.407. The lowest BCUT2D eigenvalue weighted by Gasteiger charge is -2.04. The van der Waals surface area contributed by atoms with Crippen LogP contribution in [0.1, 0.15) is 0 Å². The van der Waals surface area contributed by atoms with E-state index in [-0.39, 0.29) is 5.95 Å². The predicted octanol–water partition coefficient (Wildman–Crippen LogP) is 0.182. The number of hydrogen-bond acceptors (Lipinski definition) is 4. The van der Waals surface area contributed by atoms with E-state index in [9.17, 15) is 4.79 Å². The molecule has 15 heavy (non-hydrogen) atoms. The van der Waals surface area contributed by atoms with E-state index < -0.39 is 6.03 Å². The molecule has 2 rings (SSSR count). The summed E-state index contributed by atoms with van der Waals surface area (Å²) in [4.78, 5) is 15.1. The van der Waals surface area contributed by atoms with E-state index in [1.165, 1.54) is 6.33 Å². The normalized spacial score (nSPS) is 9.93. The topological polar surface area (TPSA) is 101 Å². The molecule has 0 aliphatic rings. The average molecular weight is 207 g/mol. The van der Waals surface area contributed by atoms with Gasteiger partial charge in [-0.25, -0.2) is 9.89 Å². The summed E-state index contributed by atoms with van der Waals surface area (Å²) in [5, 5.41) is 15.1. The predicted molar refractivity (Wildman–Crippen MR) is 52.2 cm³/mol. The number of anilines is 2. The van der Waals surface area contributed by atoms with E-state index in [4.69, 9.17) is 0 Å². The van der Waals surface area contributed by atoms with E-state index in [1.807, 2.05) is 0 Å². The van der Waals surface area contributed by atoms with Crippen molar-refractivity contribution in [3.63, 3.8) is 0 Å². The van der Waals surface area contributed by atoms with Crippen LogP contribution in [0, 0.1) is 0 Å². The van der Waals surface area contributed by atoms with Crippen LogP contribution in [-0.2, 0) is 7.05 Å². The fourth-order valence-corrected chi connectivity index (χ4v) is 1.02. The Balaban J connectivity index is 1.96. The van der Waals surface area contributed by atoms with E-state index >= 15 is 0 Å². The molecule has 3 N–H and O–H groups in total. The Labute approximate surface area is 84.7 Å². The molecule has 78 valence electrons. The summed E-state index contributed by atoms with van der Waals surface area (Å²) in [6, 6.07) is 1.27. The number of hydrogen-bond donors (Lipinski definition) is 3. The molecular weight excluding hydrogens is 198 g/mol. The van der Waals surface area contributed by atoms with Crippen LogP contribution in [0.3, 0.4) is 0 Å². The first-order valence-corrected chi connectivity index (χ1v) is 4.17. The van der Waals surface area contributed by atoms with Gasteiger partial charge in [0.25, 0.3) is 0 Å². The summed E-state index contributed by atoms with van der Waals surface area (Å²) in [6.07, 6.45) is 2.89. The first kappa shape index (κ1) is 9.19. The van der Waals surface area contributed by atoms with Gasteiger partial charge in [-0.1, -0.05) is 0 Å². The van der Waals surface area contributed by atoms with Gasteiger partial charge in [-0.3, -0.25) is 15.3 Å². The van der Waals surface area contributed by atoms with Crippen LogP contribution in [0.25, 0.3) is 0 Å². The molecule has 2 aromatic heterocycles. The fraction of sp³-hybridized carbons (Fsp3) is 0.143. The van der Waals surface area contributed by atoms with Crippen molar-refractivity contribution in [2.24, 2.45) is 7.05 Å². The monoisotopic (exact) mass is 207 g/mol. The number of carbonyl (C=O) groups excluding carboxylic acids is 1. The third-order valence-corrected chi connectivity index (χ3v) is 1.71. The maximum absolute atomic E-state index is 11.4. The van der Waals surface area contributed by atoms with Gasteiger partial charge in [0, 0.05) is 13.1 Å². The van der Waals surface area contributed by atoms with E-state index in [0.29, 0.717) is 5.82 Å². The summed E-state index contributed by atoms with van der Waals surface area (Å²) >= 11 is 0. The summed E-state index contributed by atoms with van der Waals surface area (Å²) in [5.74, 6) is 0.877. The van der Waals surface area contributed by atoms with Crippen LogP contribution in [0.4, 0.5) is 16.6 Å². The van der Waals surface area contributed by atoms with Gasteiger partial charge >= 0.3 is 6.03 Å². The molecule has 0 aliphatic heterocycles. The highest BCUT2D eigenvalue weighted by Gasteiger charge is 2.05. The van der Waals surface area contributed by atoms with Crippen molar-refractivity contribution in [2.75, 3.05) is 10.6 Å². The van der Waals surface area contributed by atoms with Crippen molar-refractivity contribution in [3.05, 3.63) is 18.6 Å². The van der Waals surface area contributed by atoms with Gasteiger partial charge < -0.3 is 0 Å². The van der Waals surface area contributed by atoms with Crippen LogP contribution in [0.2, 0.25) is 0 Å². The standard InChI is InChI=1S/C7H9N7O/c1-14-5(2-3-10-14)11-7(15)12-6-8-4-9-13-6/h2-4H,1H3,(H3,8,9,11,12,13,15). The van der Waals surface area contributed by atoms with Gasteiger partial charge in [-0.15, -0.1) is 0 Å². The molecule has 8 heteroatoms. The summed E-state index contributed by atoms with van der Waals surface area (Å²) in [7, 11) is 1.73. The van der Waals surface area contributed by atoms with Gasteiger partial charge in [0.2, 0.25) is 5.95 Å². The molecule has 0 aliphatic carbocycles. The first-order chi connectivity index (χ1) is 7.25. The molecule has 2 amide bonds. The molecule has 0 aromatic carbocycles. The molecule has 0 fully saturated rings. The fourth-order valence-electron chi connectivity index (χ4n) is 1.02. The lowest BCUT2D eigenvalue weighted by Crippen LogP contribution is -2.21. The minimum Gasteiger partial charge on any atom is -0.292 e. The summed E-state index contributed by atoms with van der Waals surface area (Å²) in [5.41, 5.74) is 0. The molecule has 2 aromatic rings. The molecule has 0 radical (unpaired) electrons. The Morgan fingerprint density at radius 2 is 2.40 bits per heavy atom. The maximum Gasteiger partial charge on any atom is 0.327 e. The van der Waals surface area contributed by atoms with Crippen LogP contribution in [0.5, 0.6) is 0 Å². The van der Waals surface area contributed by atoms with Crippen molar-refractivity contribution in [1.29, 1.82) is 0 Å². The molecule has 0 bridgehead atoms. The number of H-pyrrole nitrogens is 1. The number of amides is 2. The lowest BCUT2D eigenvalue weighted by atomic mass is 10.6. The first-order valence-electron chi connectivity index (χ1n) is 4.17. The second-order valence-electron chi connectivity index (χ2n) is 2.75. The average Bonchev–Trinajstić information content (AvgIpc) is 2.79. The van der Waals surface area contributed by atoms with Gasteiger partial charge in [0.15, 0.2) is 0 Å². The van der Waals surface area contributed by atoms with Crippen molar-refractivity contribution in [3.8, 4) is 0 Å². The lowest BCUT2D eigenvalue weighted by molar-refractivity contribution is 0.262. The van der Waals surface area contributed by atoms with Crippen LogP contribution >= 0.6 is 0 Å². The summed E-state index contributed by atoms with van der Waals surface area (Å²) in [6.45, 7) is 0. The van der Waals surface area contributed by atoms with Gasteiger partial charge in [0.05, 0.1) is 6.20 Å². The molecule has 0 saturated heterocycles. The molecule has 0 spiro atoms. The molecule has 2 heterocycles. The molecule has 0 saturated carbocycles. The van der Waals surface area contributed by atoms with Crippen molar-refractivity contribution in [2.45, 2.75) is 0 Å². The quantitative estimate of drug-likeness (QED) is 0.653. The molecule has 0 atom stereocenters. The number of carbonyl (C=O) groups is 1. The van der Waals surface area contributed by atoms with Gasteiger partial charge in [-0.2, -0.15) is 15.2 Å². The second kappa shape index (κ2) is 3.78. The zero-order chi connectivity index (χ0) is 10.7. The van der Waals surface area contributed by atoms with Crippen molar-refractivity contribution >= 4 is 17.8 Å². The Kier molecular flexibility index (Phi) is 2.31. The van der Waals surface area contributed by atoms with Crippen LogP contribution in [-0.4, -0.2) is 31.0 Å². The Morgan fingerprint density at radius 3 is 3.00 bits per heavy atom. The maximum atomic E-state index is 11.4. The Morgan fingerprint density at radius 1 is 1.53 bits per heavy atom. The second-order valence-corrected chi connectivity index (χ2v) is 2.75. The van der Waals surface area contributed by atoms with Crippen molar-refractivity contribution in [1.82, 2.24) is 25.0 Å². The largest absolute Gasteiger partial charge is 0.327 e. The van der Waals surface area contributed by atoms with E-state index in [2.05, 4.69) is 30.9 Å². The van der Waals surface area contributed by atoms with Gasteiger partial charge in [-0.05, 0) is 0 Å². The number of aryl methyl sites for hydroxylation is 1. The highest BCUT2D eigenvalue weighted by atomic mass is 16.2. The summed E-state index contributed by atoms with van der Waals surface area (Å²) < 4.78 is 1.54. The number of rotatable bonds is 2. The zero-order valence-corrected chi connectivity index (χ0v) is 7.93. The number of urea groups is 1. The SMILES string of the molecule is Cn1nccc1NC(=O)Nc1ncn[nH]1. The minimum absolute atomic E-state index is 0.287. The van der Waals surface area contributed by atoms with Gasteiger partial charge in [0.1, 0.15) is 12.1 Å². The molecular formula is C7H9N7O. The Hall–Kier alpha value is -2.38. The number of nitrogens with one attached hydrogen (secondary N) is 3. The Bertz CT molecular complexity index is 446. The number of aromatic amines is 1. The number of aromatic nitrogens is 5. The molecule has 0 unspecified atom stereocenters. The highest BCUT2D eigenvalue weighted by Crippen LogP contribution is 2.03. The van der Waals surface area contributed by atoms with Crippen LogP contribution in [0.15, 0.2) is 18.6 Å². The highest BCUT2D eigenvalue weighted by molar-refractivity contribution is 5.97. The van der Waals surface area contributed by atoms with Crippen LogP contribution < -0.4 is 10.6 Å².